The molecule has 0 radical (unpaired) electrons. The molecule has 2 amide bonds. The first-order valence-corrected chi connectivity index (χ1v) is 19.3. The van der Waals surface area contributed by atoms with E-state index in [2.05, 4.69) is 20.6 Å². The predicted octanol–water partition coefficient (Wildman–Crippen LogP) is 8.07. The molecular weight excluding hydrogens is 788 g/mol. The van der Waals surface area contributed by atoms with Crippen molar-refractivity contribution in [3.63, 3.8) is 0 Å². The summed E-state index contributed by atoms with van der Waals surface area (Å²) >= 11 is 11.8. The highest BCUT2D eigenvalue weighted by Gasteiger charge is 2.21. The number of pyridine rings is 2. The highest BCUT2D eigenvalue weighted by molar-refractivity contribution is 7.33. The van der Waals surface area contributed by atoms with Crippen LogP contribution in [0.5, 0.6) is 0 Å². The second-order valence-electron chi connectivity index (χ2n) is 12.8. The van der Waals surface area contributed by atoms with E-state index in [1.54, 1.807) is 48.5 Å². The highest BCUT2D eigenvalue weighted by Crippen LogP contribution is 2.26. The minimum atomic E-state index is -2.50. The van der Waals surface area contributed by atoms with Crippen LogP contribution >= 0.6 is 31.5 Å². The molecule has 6 rings (SSSR count). The number of aromatic amines is 2. The van der Waals surface area contributed by atoms with Crippen molar-refractivity contribution in [1.82, 2.24) is 20.6 Å². The SMILES string of the molecule is O=C(NCc1ccc(Cl)cc1)c1c[nH]c2c(F)cc(CCCO[P+](=O)OCCCc3cc(F)c4[nH]cc(C(=O)NCc5ccc(Cl)cc5)c(=O)c4c3)cc2c1=O. The van der Waals surface area contributed by atoms with Gasteiger partial charge in [0, 0.05) is 50.9 Å². The molecular formula is C40H34Cl2F2N4O7P+. The topological polar surface area (TPSA) is 159 Å². The van der Waals surface area contributed by atoms with Gasteiger partial charge in [0.2, 0.25) is 10.9 Å². The van der Waals surface area contributed by atoms with Crippen LogP contribution in [0.25, 0.3) is 21.8 Å². The molecule has 0 fully saturated rings. The molecule has 0 bridgehead atoms. The molecule has 288 valence electrons. The molecule has 2 heterocycles. The average Bonchev–Trinajstić information content (AvgIpc) is 3.18. The van der Waals surface area contributed by atoms with Crippen LogP contribution in [-0.2, 0) is 39.5 Å². The fourth-order valence-electron chi connectivity index (χ4n) is 5.94. The smallest absolute Gasteiger partial charge is 0.358 e. The van der Waals surface area contributed by atoms with Crippen LogP contribution in [0, 0.1) is 11.6 Å². The van der Waals surface area contributed by atoms with Crippen molar-refractivity contribution in [1.29, 1.82) is 0 Å². The summed E-state index contributed by atoms with van der Waals surface area (Å²) in [5.74, 6) is -2.56. The summed E-state index contributed by atoms with van der Waals surface area (Å²) in [7, 11) is -2.50. The van der Waals surface area contributed by atoms with Crippen molar-refractivity contribution in [2.75, 3.05) is 13.2 Å². The second-order valence-corrected chi connectivity index (χ2v) is 14.6. The fraction of sp³-hybridized carbons (Fsp3) is 0.200. The number of benzene rings is 4. The summed E-state index contributed by atoms with van der Waals surface area (Å²) in [6.45, 7) is 0.342. The lowest BCUT2D eigenvalue weighted by Crippen LogP contribution is -2.28. The van der Waals surface area contributed by atoms with Gasteiger partial charge < -0.3 is 20.6 Å². The third-order valence-electron chi connectivity index (χ3n) is 8.84. The molecule has 0 unspecified atom stereocenters. The van der Waals surface area contributed by atoms with Gasteiger partial charge in [-0.25, -0.2) is 8.78 Å². The van der Waals surface area contributed by atoms with E-state index in [9.17, 15) is 32.5 Å². The number of fused-ring (bicyclic) bond motifs is 2. The molecule has 0 aliphatic rings. The first-order chi connectivity index (χ1) is 27.0. The maximum Gasteiger partial charge on any atom is 0.697 e. The lowest BCUT2D eigenvalue weighted by molar-refractivity contribution is 0.0941. The van der Waals surface area contributed by atoms with Gasteiger partial charge in [0.1, 0.15) is 36.0 Å². The number of halogens is 4. The van der Waals surface area contributed by atoms with Crippen LogP contribution in [0.3, 0.4) is 0 Å². The number of nitrogens with one attached hydrogen (secondary N) is 4. The Morgan fingerprint density at radius 3 is 1.41 bits per heavy atom. The van der Waals surface area contributed by atoms with Crippen LogP contribution in [0.1, 0.15) is 55.8 Å². The Hall–Kier alpha value is -5.30. The minimum Gasteiger partial charge on any atom is -0.358 e. The van der Waals surface area contributed by atoms with Gasteiger partial charge in [0.05, 0.1) is 11.0 Å². The number of amides is 2. The number of rotatable bonds is 16. The molecule has 0 spiro atoms. The molecule has 4 aromatic carbocycles. The molecule has 56 heavy (non-hydrogen) atoms. The van der Waals surface area contributed by atoms with Crippen LogP contribution < -0.4 is 21.5 Å². The first-order valence-electron chi connectivity index (χ1n) is 17.4. The summed E-state index contributed by atoms with van der Waals surface area (Å²) in [4.78, 5) is 57.3. The number of carbonyl (C=O) groups is 2. The molecule has 0 atom stereocenters. The Labute approximate surface area is 329 Å². The Kier molecular flexibility index (Phi) is 13.4. The van der Waals surface area contributed by atoms with E-state index in [0.717, 1.165) is 11.1 Å². The Morgan fingerprint density at radius 1 is 0.625 bits per heavy atom. The molecule has 0 aliphatic carbocycles. The van der Waals surface area contributed by atoms with Gasteiger partial charge in [-0.05, 0) is 96.5 Å². The standard InChI is InChI=1S/C40H33Cl2F2N4O7P/c41-27-9-5-23(6-10-27)19-47-39(51)31-21-45-35-29(37(31)49)15-25(17-33(35)43)3-1-13-54-56(53)55-14-2-4-26-16-30-36(34(44)18-26)46-22-32(38(30)50)40(52)48-20-24-7-11-28(42)12-8-24/h5-12,15-18,21-22H,1-4,13-14,19-20H2,(H3-,45,46,47,48,49,50,51,52)/p+1. The third-order valence-corrected chi connectivity index (χ3v) is 10.1. The zero-order valence-corrected chi connectivity index (χ0v) is 32.0. The van der Waals surface area contributed by atoms with E-state index >= 15 is 0 Å². The lowest BCUT2D eigenvalue weighted by Gasteiger charge is -2.08. The van der Waals surface area contributed by atoms with Crippen molar-refractivity contribution in [3.05, 3.63) is 161 Å². The van der Waals surface area contributed by atoms with E-state index in [1.165, 1.54) is 36.7 Å². The Bertz CT molecular complexity index is 2370. The largest absolute Gasteiger partial charge is 0.697 e. The van der Waals surface area contributed by atoms with Gasteiger partial charge in [-0.1, -0.05) is 47.5 Å². The highest BCUT2D eigenvalue weighted by atomic mass is 35.5. The molecule has 0 saturated carbocycles. The number of hydrogen-bond acceptors (Lipinski definition) is 7. The van der Waals surface area contributed by atoms with Gasteiger partial charge in [-0.3, -0.25) is 19.2 Å². The summed E-state index contributed by atoms with van der Waals surface area (Å²) in [6.07, 6.45) is 3.56. The van der Waals surface area contributed by atoms with E-state index in [-0.39, 0.29) is 72.1 Å². The third kappa shape index (κ3) is 10.1. The van der Waals surface area contributed by atoms with Gasteiger partial charge in [0.25, 0.3) is 11.8 Å². The second kappa shape index (κ2) is 18.6. The zero-order chi connectivity index (χ0) is 39.8. The number of hydrogen-bond donors (Lipinski definition) is 4. The summed E-state index contributed by atoms with van der Waals surface area (Å²) < 4.78 is 52.7. The number of aryl methyl sites for hydroxylation is 2. The number of aromatic nitrogens is 2. The molecule has 0 aliphatic heterocycles. The Balaban J connectivity index is 0.964. The maximum absolute atomic E-state index is 14.9. The van der Waals surface area contributed by atoms with Crippen molar-refractivity contribution in [2.24, 2.45) is 0 Å². The van der Waals surface area contributed by atoms with Crippen molar-refractivity contribution in [3.8, 4) is 0 Å². The summed E-state index contributed by atoms with van der Waals surface area (Å²) in [5.41, 5.74) is 0.872. The molecule has 0 saturated heterocycles. The number of carbonyl (C=O) groups excluding carboxylic acids is 2. The van der Waals surface area contributed by atoms with Gasteiger partial charge in [-0.15, -0.1) is 9.05 Å². The number of H-pyrrole nitrogens is 2. The molecule has 6 aromatic rings. The van der Waals surface area contributed by atoms with Crippen LogP contribution in [-0.4, -0.2) is 35.0 Å². The van der Waals surface area contributed by atoms with Crippen molar-refractivity contribution < 1.29 is 32.0 Å². The van der Waals surface area contributed by atoms with Gasteiger partial charge in [0.15, 0.2) is 0 Å². The molecule has 4 N–H and O–H groups in total. The summed E-state index contributed by atoms with van der Waals surface area (Å²) in [6, 6.07) is 19.3. The zero-order valence-electron chi connectivity index (χ0n) is 29.6. The van der Waals surface area contributed by atoms with E-state index in [4.69, 9.17) is 32.2 Å². The van der Waals surface area contributed by atoms with Gasteiger partial charge in [-0.2, -0.15) is 0 Å². The maximum atomic E-state index is 14.9. The quantitative estimate of drug-likeness (QED) is 0.0568. The van der Waals surface area contributed by atoms with E-state index < -0.39 is 42.6 Å². The molecule has 16 heteroatoms. The average molecular weight is 823 g/mol. The van der Waals surface area contributed by atoms with Crippen molar-refractivity contribution in [2.45, 2.75) is 38.8 Å². The lowest BCUT2D eigenvalue weighted by atomic mass is 10.0. The Morgan fingerprint density at radius 2 is 1.02 bits per heavy atom. The normalized spacial score (nSPS) is 11.2. The van der Waals surface area contributed by atoms with E-state index in [1.807, 2.05) is 0 Å². The monoisotopic (exact) mass is 821 g/mol. The fourth-order valence-corrected chi connectivity index (χ4v) is 6.82. The van der Waals surface area contributed by atoms with Crippen LogP contribution in [0.15, 0.2) is 94.8 Å². The van der Waals surface area contributed by atoms with Crippen LogP contribution in [0.4, 0.5) is 8.78 Å². The first kappa shape index (κ1) is 40.4. The minimum absolute atomic E-state index is 0.00658. The molecule has 11 nitrogen and oxygen atoms in total. The summed E-state index contributed by atoms with van der Waals surface area (Å²) in [5, 5.41) is 6.49. The van der Waals surface area contributed by atoms with E-state index in [0.29, 0.717) is 34.0 Å². The van der Waals surface area contributed by atoms with Gasteiger partial charge >= 0.3 is 8.25 Å². The van der Waals surface area contributed by atoms with Crippen molar-refractivity contribution >= 4 is 65.1 Å². The molecule has 2 aromatic heterocycles. The predicted molar refractivity (Wildman–Crippen MR) is 210 cm³/mol. The van der Waals surface area contributed by atoms with Crippen LogP contribution in [0.2, 0.25) is 10.0 Å².